The normalized spacial score (nSPS) is 16.8. The molecule has 0 N–H and O–H groups in total. The van der Waals surface area contributed by atoms with Gasteiger partial charge in [0.25, 0.3) is 0 Å². The van der Waals surface area contributed by atoms with Crippen LogP contribution in [0.1, 0.15) is 24.5 Å². The number of benzene rings is 2. The van der Waals surface area contributed by atoms with Crippen molar-refractivity contribution in [1.82, 2.24) is 9.97 Å². The number of ether oxygens (including phenoxy) is 2. The van der Waals surface area contributed by atoms with E-state index in [1.165, 1.54) is 10.6 Å². The molecular weight excluding hydrogens is 370 g/mol. The highest BCUT2D eigenvalue weighted by atomic mass is 32.2. The summed E-state index contributed by atoms with van der Waals surface area (Å²) >= 11 is 1.86. The summed E-state index contributed by atoms with van der Waals surface area (Å²) in [5.41, 5.74) is 3.35. The van der Waals surface area contributed by atoms with Gasteiger partial charge in [-0.1, -0.05) is 12.1 Å². The molecule has 2 aliphatic rings. The molecule has 1 aromatic heterocycles. The van der Waals surface area contributed by atoms with E-state index < -0.39 is 0 Å². The van der Waals surface area contributed by atoms with Crippen molar-refractivity contribution in [2.24, 2.45) is 0 Å². The van der Waals surface area contributed by atoms with Crippen LogP contribution in [0.4, 0.5) is 11.4 Å². The average molecular weight is 391 g/mol. The van der Waals surface area contributed by atoms with Crippen molar-refractivity contribution in [3.63, 3.8) is 0 Å². The second-order valence-corrected chi connectivity index (χ2v) is 7.89. The first kappa shape index (κ1) is 17.5. The third-order valence-corrected chi connectivity index (χ3v) is 6.21. The molecule has 28 heavy (non-hydrogen) atoms. The second kappa shape index (κ2) is 7.81. The van der Waals surface area contributed by atoms with E-state index in [9.17, 15) is 0 Å². The van der Waals surface area contributed by atoms with Crippen LogP contribution in [0.5, 0.6) is 11.6 Å². The van der Waals surface area contributed by atoms with Crippen molar-refractivity contribution < 1.29 is 9.47 Å². The molecule has 0 unspecified atom stereocenters. The number of hydrogen-bond acceptors (Lipinski definition) is 6. The van der Waals surface area contributed by atoms with Gasteiger partial charge in [-0.25, -0.2) is 4.98 Å². The zero-order valence-electron chi connectivity index (χ0n) is 15.5. The molecule has 2 aliphatic heterocycles. The molecule has 0 atom stereocenters. The van der Waals surface area contributed by atoms with Gasteiger partial charge in [0.2, 0.25) is 5.88 Å². The predicted molar refractivity (Wildman–Crippen MR) is 111 cm³/mol. The van der Waals surface area contributed by atoms with Crippen LogP contribution in [0.3, 0.4) is 0 Å². The summed E-state index contributed by atoms with van der Waals surface area (Å²) in [4.78, 5) is 12.6. The van der Waals surface area contributed by atoms with Crippen LogP contribution < -0.4 is 9.64 Å². The lowest BCUT2D eigenvalue weighted by atomic mass is 9.96. The van der Waals surface area contributed by atoms with Crippen molar-refractivity contribution in [3.8, 4) is 11.6 Å². The molecule has 0 amide bonds. The summed E-state index contributed by atoms with van der Waals surface area (Å²) < 4.78 is 11.6. The highest BCUT2D eigenvalue weighted by Crippen LogP contribution is 2.43. The molecule has 0 radical (unpaired) electrons. The maximum absolute atomic E-state index is 6.11. The van der Waals surface area contributed by atoms with Crippen molar-refractivity contribution in [1.29, 1.82) is 0 Å². The lowest BCUT2D eigenvalue weighted by Gasteiger charge is -2.22. The largest absolute Gasteiger partial charge is 0.437 e. The molecule has 0 bridgehead atoms. The van der Waals surface area contributed by atoms with E-state index in [2.05, 4.69) is 51.3 Å². The first-order chi connectivity index (χ1) is 13.9. The van der Waals surface area contributed by atoms with E-state index in [4.69, 9.17) is 9.47 Å². The van der Waals surface area contributed by atoms with Crippen LogP contribution >= 0.6 is 11.8 Å². The van der Waals surface area contributed by atoms with Crippen LogP contribution in [0, 0.1) is 0 Å². The molecule has 142 valence electrons. The minimum atomic E-state index is 0.342. The molecule has 1 saturated heterocycles. The lowest BCUT2D eigenvalue weighted by Crippen LogP contribution is -2.16. The van der Waals surface area contributed by atoms with Crippen molar-refractivity contribution in [2.45, 2.75) is 23.7 Å². The molecule has 0 saturated carbocycles. The minimum absolute atomic E-state index is 0.342. The summed E-state index contributed by atoms with van der Waals surface area (Å²) in [6.07, 6.45) is 5.34. The fourth-order valence-electron chi connectivity index (χ4n) is 3.69. The molecule has 0 spiro atoms. The van der Waals surface area contributed by atoms with Gasteiger partial charge >= 0.3 is 0 Å². The molecular formula is C22H21N3O2S. The Bertz CT molecular complexity index is 958. The lowest BCUT2D eigenvalue weighted by molar-refractivity contribution is 0.0839. The average Bonchev–Trinajstić information content (AvgIpc) is 3.20. The zero-order chi connectivity index (χ0) is 18.8. The smallest absolute Gasteiger partial charge is 0.241 e. The third kappa shape index (κ3) is 3.45. The maximum Gasteiger partial charge on any atom is 0.241 e. The number of anilines is 2. The molecule has 2 aromatic carbocycles. The molecule has 3 aromatic rings. The molecule has 6 heteroatoms. The number of nitrogens with zero attached hydrogens (tertiary/aromatic N) is 3. The third-order valence-electron chi connectivity index (χ3n) is 5.17. The number of thioether (sulfide) groups is 1. The fourth-order valence-corrected chi connectivity index (χ4v) is 4.75. The van der Waals surface area contributed by atoms with E-state index in [-0.39, 0.29) is 0 Å². The van der Waals surface area contributed by atoms with Gasteiger partial charge in [0, 0.05) is 42.1 Å². The minimum Gasteiger partial charge on any atom is -0.437 e. The Kier molecular flexibility index (Phi) is 4.89. The number of fused-ring (bicyclic) bond motifs is 1. The van der Waals surface area contributed by atoms with E-state index in [0.717, 1.165) is 49.1 Å². The fraction of sp³-hybridized carbons (Fsp3) is 0.273. The van der Waals surface area contributed by atoms with Gasteiger partial charge in [-0.3, -0.25) is 4.98 Å². The van der Waals surface area contributed by atoms with Crippen LogP contribution in [-0.4, -0.2) is 29.1 Å². The monoisotopic (exact) mass is 391 g/mol. The van der Waals surface area contributed by atoms with Gasteiger partial charge in [0.1, 0.15) is 11.4 Å². The molecule has 1 fully saturated rings. The number of para-hydroxylation sites is 1. The van der Waals surface area contributed by atoms with Crippen molar-refractivity contribution in [3.05, 3.63) is 66.6 Å². The Morgan fingerprint density at radius 2 is 1.75 bits per heavy atom. The Morgan fingerprint density at radius 3 is 2.61 bits per heavy atom. The van der Waals surface area contributed by atoms with E-state index >= 15 is 0 Å². The summed E-state index contributed by atoms with van der Waals surface area (Å²) in [6.45, 7) is 1.54. The topological polar surface area (TPSA) is 47.5 Å². The van der Waals surface area contributed by atoms with E-state index in [0.29, 0.717) is 11.8 Å². The van der Waals surface area contributed by atoms with E-state index in [1.54, 1.807) is 12.4 Å². The molecule has 3 heterocycles. The zero-order valence-corrected chi connectivity index (χ0v) is 16.3. The summed E-state index contributed by atoms with van der Waals surface area (Å²) in [5.74, 6) is 2.65. The number of hydrogen-bond donors (Lipinski definition) is 0. The highest BCUT2D eigenvalue weighted by molar-refractivity contribution is 7.99. The Hall–Kier alpha value is -2.57. The van der Waals surface area contributed by atoms with Gasteiger partial charge in [-0.05, 0) is 49.2 Å². The van der Waals surface area contributed by atoms with Gasteiger partial charge in [-0.2, -0.15) is 0 Å². The Morgan fingerprint density at radius 1 is 0.964 bits per heavy atom. The van der Waals surface area contributed by atoms with Gasteiger partial charge in [-0.15, -0.1) is 11.8 Å². The predicted octanol–water partition coefficient (Wildman–Crippen LogP) is 5.36. The summed E-state index contributed by atoms with van der Waals surface area (Å²) in [6, 6.07) is 16.7. The van der Waals surface area contributed by atoms with Crippen molar-refractivity contribution >= 4 is 23.1 Å². The van der Waals surface area contributed by atoms with Gasteiger partial charge in [0.15, 0.2) is 0 Å². The Labute approximate surface area is 168 Å². The number of rotatable bonds is 4. The second-order valence-electron chi connectivity index (χ2n) is 6.90. The highest BCUT2D eigenvalue weighted by Gasteiger charge is 2.23. The first-order valence-corrected chi connectivity index (χ1v) is 10.5. The summed E-state index contributed by atoms with van der Waals surface area (Å²) in [7, 11) is 0. The van der Waals surface area contributed by atoms with Gasteiger partial charge < -0.3 is 14.4 Å². The maximum atomic E-state index is 6.11. The van der Waals surface area contributed by atoms with Crippen LogP contribution in [0.2, 0.25) is 0 Å². The SMILES string of the molecule is c1ccc2c(c1)SCN2c1ccc(Oc2nccnc2C2CCOCC2)cc1. The van der Waals surface area contributed by atoms with Crippen molar-refractivity contribution in [2.75, 3.05) is 24.0 Å². The van der Waals surface area contributed by atoms with Crippen LogP contribution in [0.25, 0.3) is 0 Å². The van der Waals surface area contributed by atoms with Crippen LogP contribution in [0.15, 0.2) is 65.8 Å². The molecule has 5 nitrogen and oxygen atoms in total. The molecule has 0 aliphatic carbocycles. The Balaban J connectivity index is 1.35. The first-order valence-electron chi connectivity index (χ1n) is 9.54. The number of aromatic nitrogens is 2. The van der Waals surface area contributed by atoms with Gasteiger partial charge in [0.05, 0.1) is 11.6 Å². The summed E-state index contributed by atoms with van der Waals surface area (Å²) in [5, 5.41) is 0. The molecule has 5 rings (SSSR count). The standard InChI is InChI=1S/C22H21N3O2S/c1-2-4-20-19(3-1)25(15-28-20)17-5-7-18(8-6-17)27-22-21(23-11-12-24-22)16-9-13-26-14-10-16/h1-8,11-12,16H,9-10,13-15H2. The van der Waals surface area contributed by atoms with E-state index in [1.807, 2.05) is 23.9 Å². The van der Waals surface area contributed by atoms with Crippen LogP contribution in [-0.2, 0) is 4.74 Å². The quantitative estimate of drug-likeness (QED) is 0.596.